The lowest BCUT2D eigenvalue weighted by atomic mass is 10.1. The molecule has 28 heavy (non-hydrogen) atoms. The van der Waals surface area contributed by atoms with E-state index in [1.165, 1.54) is 49.7 Å². The van der Waals surface area contributed by atoms with Gasteiger partial charge >= 0.3 is 0 Å². The van der Waals surface area contributed by atoms with Gasteiger partial charge in [-0.3, -0.25) is 0 Å². The van der Waals surface area contributed by atoms with Gasteiger partial charge in [0.05, 0.1) is 6.54 Å². The van der Waals surface area contributed by atoms with Crippen molar-refractivity contribution in [3.63, 3.8) is 0 Å². The molecule has 1 fully saturated rings. The third kappa shape index (κ3) is 4.87. The van der Waals surface area contributed by atoms with Crippen molar-refractivity contribution in [1.82, 2.24) is 20.3 Å². The Morgan fingerprint density at radius 2 is 1.71 bits per heavy atom. The number of benzene rings is 2. The normalized spacial score (nSPS) is 15.5. The molecule has 1 heterocycles. The summed E-state index contributed by atoms with van der Waals surface area (Å²) in [6, 6.07) is 19.6. The van der Waals surface area contributed by atoms with E-state index in [9.17, 15) is 0 Å². The third-order valence-electron chi connectivity index (χ3n) is 5.59. The summed E-state index contributed by atoms with van der Waals surface area (Å²) in [4.78, 5) is 1.85. The van der Waals surface area contributed by atoms with E-state index in [4.69, 9.17) is 10.2 Å². The van der Waals surface area contributed by atoms with Gasteiger partial charge in [0.1, 0.15) is 11.4 Å². The van der Waals surface area contributed by atoms with E-state index < -0.39 is 0 Å². The molecular weight excluding hydrogens is 344 g/mol. The molecule has 1 saturated carbocycles. The van der Waals surface area contributed by atoms with Crippen molar-refractivity contribution in [1.29, 1.82) is 0 Å². The molecule has 0 saturated heterocycles. The highest BCUT2D eigenvalue weighted by molar-refractivity contribution is 5.60. The lowest BCUT2D eigenvalue weighted by Gasteiger charge is -2.15. The molecule has 4 rings (SSSR count). The summed E-state index contributed by atoms with van der Waals surface area (Å²) in [7, 11) is 0. The molecule has 1 aliphatic rings. The van der Waals surface area contributed by atoms with E-state index in [1.54, 1.807) is 0 Å². The van der Waals surface area contributed by atoms with Gasteiger partial charge in [0.2, 0.25) is 0 Å². The number of rotatable bonds is 6. The molecule has 4 heteroatoms. The fourth-order valence-electron chi connectivity index (χ4n) is 4.09. The van der Waals surface area contributed by atoms with Crippen LogP contribution < -0.4 is 5.32 Å². The van der Waals surface area contributed by atoms with Gasteiger partial charge in [-0.25, -0.2) is 0 Å². The van der Waals surface area contributed by atoms with Crippen LogP contribution in [-0.4, -0.2) is 21.0 Å². The van der Waals surface area contributed by atoms with Crippen molar-refractivity contribution < 1.29 is 0 Å². The number of hydrogen-bond donors (Lipinski definition) is 1. The molecule has 146 valence electrons. The quantitative estimate of drug-likeness (QED) is 0.609. The minimum absolute atomic E-state index is 0.605. The van der Waals surface area contributed by atoms with Gasteiger partial charge in [-0.2, -0.15) is 15.0 Å². The van der Waals surface area contributed by atoms with E-state index in [0.29, 0.717) is 12.6 Å². The lowest BCUT2D eigenvalue weighted by molar-refractivity contribution is 0.453. The van der Waals surface area contributed by atoms with Gasteiger partial charge in [-0.05, 0) is 25.3 Å². The van der Waals surface area contributed by atoms with Crippen LogP contribution in [0.2, 0.25) is 0 Å². The van der Waals surface area contributed by atoms with E-state index >= 15 is 0 Å². The minimum atomic E-state index is 0.605. The number of nitrogens with one attached hydrogen (secondary N) is 1. The summed E-state index contributed by atoms with van der Waals surface area (Å²) < 4.78 is 0. The molecule has 0 spiro atoms. The van der Waals surface area contributed by atoms with Crippen molar-refractivity contribution in [3.8, 4) is 11.3 Å². The molecule has 3 aromatic rings. The third-order valence-corrected chi connectivity index (χ3v) is 5.59. The summed E-state index contributed by atoms with van der Waals surface area (Å²) >= 11 is 0. The minimum Gasteiger partial charge on any atom is -0.308 e. The molecular formula is C24H30N4. The fraction of sp³-hybridized carbons (Fsp3) is 0.417. The van der Waals surface area contributed by atoms with Crippen molar-refractivity contribution in [2.24, 2.45) is 0 Å². The molecule has 4 nitrogen and oxygen atoms in total. The molecule has 0 unspecified atom stereocenters. The number of hydrogen-bond acceptors (Lipinski definition) is 3. The monoisotopic (exact) mass is 374 g/mol. The molecule has 1 aromatic heterocycles. The van der Waals surface area contributed by atoms with E-state index in [0.717, 1.165) is 23.5 Å². The zero-order chi connectivity index (χ0) is 19.2. The van der Waals surface area contributed by atoms with Crippen LogP contribution in [0.15, 0.2) is 54.6 Å². The van der Waals surface area contributed by atoms with E-state index in [1.807, 2.05) is 10.9 Å². The van der Waals surface area contributed by atoms with Crippen molar-refractivity contribution in [2.45, 2.75) is 64.6 Å². The zero-order valence-corrected chi connectivity index (χ0v) is 16.8. The van der Waals surface area contributed by atoms with E-state index in [2.05, 4.69) is 60.8 Å². The first-order chi connectivity index (χ1) is 13.8. The smallest absolute Gasteiger partial charge is 0.117 e. The van der Waals surface area contributed by atoms with Gasteiger partial charge in [0.15, 0.2) is 0 Å². The molecule has 1 N–H and O–H groups in total. The molecule has 2 aromatic carbocycles. The second kappa shape index (κ2) is 9.16. The van der Waals surface area contributed by atoms with Crippen LogP contribution in [0.5, 0.6) is 0 Å². The fourth-order valence-corrected chi connectivity index (χ4v) is 4.09. The summed E-state index contributed by atoms with van der Waals surface area (Å²) in [6.45, 7) is 3.60. The topological polar surface area (TPSA) is 42.7 Å². The Hall–Kier alpha value is -2.46. The summed E-state index contributed by atoms with van der Waals surface area (Å²) in [5.41, 5.74) is 5.68. The molecule has 0 aliphatic heterocycles. The Morgan fingerprint density at radius 1 is 0.929 bits per heavy atom. The standard InChI is InChI=1S/C24H30N4/c1-19-10-9-11-20(16-19)18-28-26-23(17-25-22-14-7-2-3-8-15-22)24(27-28)21-12-5-4-6-13-21/h4-6,9-13,16,22,25H,2-3,7-8,14-15,17-18H2,1H3. The molecule has 0 radical (unpaired) electrons. The lowest BCUT2D eigenvalue weighted by Crippen LogP contribution is -2.28. The largest absolute Gasteiger partial charge is 0.308 e. The average molecular weight is 375 g/mol. The van der Waals surface area contributed by atoms with Crippen molar-refractivity contribution in [2.75, 3.05) is 0 Å². The van der Waals surface area contributed by atoms with Gasteiger partial charge in [-0.1, -0.05) is 85.8 Å². The Labute approximate surface area is 168 Å². The highest BCUT2D eigenvalue weighted by atomic mass is 15.5. The number of aryl methyl sites for hydroxylation is 1. The van der Waals surface area contributed by atoms with Crippen LogP contribution in [0.1, 0.15) is 55.3 Å². The average Bonchev–Trinajstić information content (AvgIpc) is 2.93. The summed E-state index contributed by atoms with van der Waals surface area (Å²) in [5, 5.41) is 13.5. The maximum atomic E-state index is 4.86. The van der Waals surface area contributed by atoms with Gasteiger partial charge in [0, 0.05) is 18.2 Å². The summed E-state index contributed by atoms with van der Waals surface area (Å²) in [5.74, 6) is 0. The predicted octanol–water partition coefficient (Wildman–Crippen LogP) is 5.11. The Morgan fingerprint density at radius 3 is 2.46 bits per heavy atom. The first-order valence-corrected chi connectivity index (χ1v) is 10.6. The van der Waals surface area contributed by atoms with Crippen LogP contribution >= 0.6 is 0 Å². The van der Waals surface area contributed by atoms with Crippen LogP contribution in [0, 0.1) is 6.92 Å². The van der Waals surface area contributed by atoms with Gasteiger partial charge < -0.3 is 5.32 Å². The number of nitrogens with zero attached hydrogens (tertiary/aromatic N) is 3. The van der Waals surface area contributed by atoms with Crippen LogP contribution in [0.3, 0.4) is 0 Å². The Balaban J connectivity index is 1.55. The molecule has 1 aliphatic carbocycles. The van der Waals surface area contributed by atoms with Crippen LogP contribution in [0.25, 0.3) is 11.3 Å². The zero-order valence-electron chi connectivity index (χ0n) is 16.8. The summed E-state index contributed by atoms with van der Waals surface area (Å²) in [6.07, 6.45) is 7.98. The van der Waals surface area contributed by atoms with Crippen LogP contribution in [0.4, 0.5) is 0 Å². The Kier molecular flexibility index (Phi) is 6.17. The van der Waals surface area contributed by atoms with Crippen molar-refractivity contribution >= 4 is 0 Å². The maximum absolute atomic E-state index is 4.86. The molecule has 0 bridgehead atoms. The maximum Gasteiger partial charge on any atom is 0.117 e. The molecule has 0 atom stereocenters. The number of aromatic nitrogens is 3. The van der Waals surface area contributed by atoms with E-state index in [-0.39, 0.29) is 0 Å². The highest BCUT2D eigenvalue weighted by Gasteiger charge is 2.16. The highest BCUT2D eigenvalue weighted by Crippen LogP contribution is 2.22. The van der Waals surface area contributed by atoms with Gasteiger partial charge in [0.25, 0.3) is 0 Å². The first kappa shape index (κ1) is 18.9. The Bertz CT molecular complexity index is 877. The second-order valence-corrected chi connectivity index (χ2v) is 7.95. The molecule has 0 amide bonds. The predicted molar refractivity (Wildman–Crippen MR) is 114 cm³/mol. The first-order valence-electron chi connectivity index (χ1n) is 10.6. The van der Waals surface area contributed by atoms with Crippen molar-refractivity contribution in [3.05, 3.63) is 71.4 Å². The van der Waals surface area contributed by atoms with Crippen LogP contribution in [-0.2, 0) is 13.1 Å². The van der Waals surface area contributed by atoms with Gasteiger partial charge in [-0.15, -0.1) is 0 Å². The SMILES string of the molecule is Cc1cccc(Cn2nc(CNC3CCCCCC3)c(-c3ccccc3)n2)c1. The second-order valence-electron chi connectivity index (χ2n) is 7.95.